The molecule has 0 N–H and O–H groups in total. The number of hydrogen-bond donors (Lipinski definition) is 0. The summed E-state index contributed by atoms with van der Waals surface area (Å²) in [5.74, 6) is 2.59. The number of fused-ring (bicyclic) bond motifs is 11. The summed E-state index contributed by atoms with van der Waals surface area (Å²) in [6, 6.07) is 65.3. The van der Waals surface area contributed by atoms with E-state index in [4.69, 9.17) is 8.83 Å². The topological polar surface area (TPSA) is 32.8 Å². The van der Waals surface area contributed by atoms with Crippen LogP contribution in [0.15, 0.2) is 179 Å². The molecular formula is C74H72N2O2. The Morgan fingerprint density at radius 2 is 0.538 bits per heavy atom. The molecule has 0 radical (unpaired) electrons. The van der Waals surface area contributed by atoms with Gasteiger partial charge in [0.25, 0.3) is 0 Å². The van der Waals surface area contributed by atoms with Gasteiger partial charge in [-0.3, -0.25) is 0 Å². The molecule has 4 fully saturated rings. The van der Waals surface area contributed by atoms with Crippen molar-refractivity contribution >= 4 is 99.5 Å². The maximum atomic E-state index is 7.28. The van der Waals surface area contributed by atoms with Crippen LogP contribution < -0.4 is 9.80 Å². The van der Waals surface area contributed by atoms with Gasteiger partial charge in [-0.2, -0.15) is 0 Å². The molecule has 9 aromatic carbocycles. The fourth-order valence-corrected chi connectivity index (χ4v) is 15.3. The molecule has 4 aliphatic rings. The molecule has 0 bridgehead atoms. The van der Waals surface area contributed by atoms with Crippen molar-refractivity contribution in [2.45, 2.75) is 152 Å². The molecule has 0 atom stereocenters. The lowest BCUT2D eigenvalue weighted by Gasteiger charge is -2.29. The fraction of sp³-hybridized carbons (Fsp3) is 0.324. The lowest BCUT2D eigenvalue weighted by molar-refractivity contribution is 0.443. The van der Waals surface area contributed by atoms with Crippen LogP contribution in [0.1, 0.15) is 174 Å². The maximum absolute atomic E-state index is 7.28. The molecule has 4 heteroatoms. The van der Waals surface area contributed by atoms with Crippen molar-refractivity contribution in [3.05, 3.63) is 192 Å². The van der Waals surface area contributed by atoms with E-state index in [0.717, 1.165) is 78.0 Å². The van der Waals surface area contributed by atoms with E-state index in [-0.39, 0.29) is 0 Å². The zero-order valence-corrected chi connectivity index (χ0v) is 45.3. The molecular weight excluding hydrogens is 949 g/mol. The Bertz CT molecular complexity index is 3550. The van der Waals surface area contributed by atoms with E-state index in [1.54, 1.807) is 0 Å². The first-order valence-electron chi connectivity index (χ1n) is 30.3. The van der Waals surface area contributed by atoms with Crippen LogP contribution in [0, 0.1) is 0 Å². The second kappa shape index (κ2) is 20.5. The van der Waals surface area contributed by atoms with Gasteiger partial charge in [0.2, 0.25) is 0 Å². The van der Waals surface area contributed by atoms with Crippen molar-refractivity contribution in [3.63, 3.8) is 0 Å². The summed E-state index contributed by atoms with van der Waals surface area (Å²) in [5.41, 5.74) is 16.1. The van der Waals surface area contributed by atoms with E-state index in [9.17, 15) is 0 Å². The smallest absolute Gasteiger partial charge is 0.178 e. The molecule has 390 valence electrons. The third-order valence-electron chi connectivity index (χ3n) is 19.4. The largest absolute Gasteiger partial charge is 0.452 e. The van der Waals surface area contributed by atoms with E-state index in [2.05, 4.69) is 180 Å². The Kier molecular flexibility index (Phi) is 12.6. The van der Waals surface area contributed by atoms with Crippen LogP contribution in [0.3, 0.4) is 0 Å². The second-order valence-electron chi connectivity index (χ2n) is 24.0. The van der Waals surface area contributed by atoms with Crippen molar-refractivity contribution in [2.24, 2.45) is 0 Å². The quantitative estimate of drug-likeness (QED) is 0.137. The van der Waals surface area contributed by atoms with Crippen molar-refractivity contribution in [2.75, 3.05) is 9.80 Å². The lowest BCUT2D eigenvalue weighted by atomic mass is 9.84. The second-order valence-corrected chi connectivity index (χ2v) is 24.0. The van der Waals surface area contributed by atoms with Gasteiger partial charge < -0.3 is 18.6 Å². The highest BCUT2D eigenvalue weighted by molar-refractivity contribution is 6.29. The van der Waals surface area contributed by atoms with Crippen LogP contribution in [0.2, 0.25) is 0 Å². The first-order chi connectivity index (χ1) is 38.7. The van der Waals surface area contributed by atoms with Gasteiger partial charge in [0.1, 0.15) is 11.2 Å². The fourth-order valence-electron chi connectivity index (χ4n) is 15.3. The Morgan fingerprint density at radius 3 is 0.821 bits per heavy atom. The highest BCUT2D eigenvalue weighted by Gasteiger charge is 2.27. The molecule has 2 aromatic heterocycles. The van der Waals surface area contributed by atoms with E-state index in [1.807, 2.05) is 0 Å². The molecule has 2 heterocycles. The summed E-state index contributed by atoms with van der Waals surface area (Å²) < 4.78 is 14.6. The standard InChI is InChI=1S/C74H72N2O2/c1-5-17-49(18-6-1)53-29-37-57(38-30-53)75(58-39-31-54(32-40-58)50-19-7-2-8-20-50)67-47-69-71(63-27-15-13-25-61(63)67)65-45-46-66-72-64-28-16-14-26-62(64)68(48-70(72)78-74(66)73(65)77-69)76(59-41-33-55(34-42-59)51-21-9-3-10-22-51)60-43-35-56(36-44-60)52-23-11-4-12-24-52/h13-16,25-52H,1-12,17-24H2. The first-order valence-corrected chi connectivity index (χ1v) is 30.3. The van der Waals surface area contributed by atoms with Crippen LogP contribution >= 0.6 is 0 Å². The molecule has 0 saturated heterocycles. The van der Waals surface area contributed by atoms with Crippen LogP contribution in [0.5, 0.6) is 0 Å². The first kappa shape index (κ1) is 47.9. The van der Waals surface area contributed by atoms with Gasteiger partial charge in [0.15, 0.2) is 11.2 Å². The van der Waals surface area contributed by atoms with Gasteiger partial charge in [-0.1, -0.05) is 174 Å². The maximum Gasteiger partial charge on any atom is 0.178 e. The van der Waals surface area contributed by atoms with E-state index in [1.165, 1.54) is 172 Å². The minimum absolute atomic E-state index is 0.647. The molecule has 4 nitrogen and oxygen atoms in total. The molecule has 0 unspecified atom stereocenters. The number of furan rings is 2. The van der Waals surface area contributed by atoms with Gasteiger partial charge in [0.05, 0.1) is 11.4 Å². The van der Waals surface area contributed by atoms with Gasteiger partial charge in [-0.05, 0) is 169 Å². The Balaban J connectivity index is 0.886. The monoisotopic (exact) mass is 1020 g/mol. The number of nitrogens with zero attached hydrogens (tertiary/aromatic N) is 2. The molecule has 15 rings (SSSR count). The predicted molar refractivity (Wildman–Crippen MR) is 329 cm³/mol. The van der Waals surface area contributed by atoms with Gasteiger partial charge in [0, 0.05) is 67.2 Å². The SMILES string of the molecule is c1ccc2c(c1)c(N(c1ccc(C3CCCCC3)cc1)c1ccc(C3CCCCC3)cc1)cc1oc3c(ccc4c3oc3cc(N(c5ccc(C6CCCCC6)cc5)c5ccc(C6CCCCC6)cc5)c5ccccc5c34)c12. The summed E-state index contributed by atoms with van der Waals surface area (Å²) in [6.07, 6.45) is 26.4. The Morgan fingerprint density at radius 1 is 0.269 bits per heavy atom. The summed E-state index contributed by atoms with van der Waals surface area (Å²) in [7, 11) is 0. The third-order valence-corrected chi connectivity index (χ3v) is 19.4. The van der Waals surface area contributed by atoms with E-state index in [0.29, 0.717) is 23.7 Å². The third kappa shape index (κ3) is 8.57. The number of anilines is 6. The van der Waals surface area contributed by atoms with Crippen LogP contribution in [-0.4, -0.2) is 0 Å². The molecule has 0 spiro atoms. The molecule has 78 heavy (non-hydrogen) atoms. The van der Waals surface area contributed by atoms with Crippen molar-refractivity contribution in [1.82, 2.24) is 0 Å². The van der Waals surface area contributed by atoms with Gasteiger partial charge >= 0.3 is 0 Å². The van der Waals surface area contributed by atoms with Crippen molar-refractivity contribution in [3.8, 4) is 0 Å². The Hall–Kier alpha value is -7.30. The normalized spacial score (nSPS) is 17.5. The van der Waals surface area contributed by atoms with Gasteiger partial charge in [-0.15, -0.1) is 0 Å². The van der Waals surface area contributed by atoms with Crippen LogP contribution in [-0.2, 0) is 0 Å². The van der Waals surface area contributed by atoms with Crippen LogP contribution in [0.4, 0.5) is 34.1 Å². The molecule has 4 aliphatic carbocycles. The highest BCUT2D eigenvalue weighted by atomic mass is 16.4. The Labute approximate surface area is 460 Å². The van der Waals surface area contributed by atoms with Gasteiger partial charge in [-0.25, -0.2) is 0 Å². The lowest BCUT2D eigenvalue weighted by Crippen LogP contribution is -2.12. The van der Waals surface area contributed by atoms with E-state index < -0.39 is 0 Å². The average molecular weight is 1020 g/mol. The molecule has 4 saturated carbocycles. The summed E-state index contributed by atoms with van der Waals surface area (Å²) >= 11 is 0. The summed E-state index contributed by atoms with van der Waals surface area (Å²) in [4.78, 5) is 4.96. The highest BCUT2D eigenvalue weighted by Crippen LogP contribution is 2.51. The average Bonchev–Trinajstić information content (AvgIpc) is 4.22. The van der Waals surface area contributed by atoms with Crippen LogP contribution in [0.25, 0.3) is 65.4 Å². The molecule has 11 aromatic rings. The summed E-state index contributed by atoms with van der Waals surface area (Å²) in [5, 5.41) is 9.12. The molecule has 0 aliphatic heterocycles. The van der Waals surface area contributed by atoms with Crippen molar-refractivity contribution in [1.29, 1.82) is 0 Å². The van der Waals surface area contributed by atoms with E-state index >= 15 is 0 Å². The number of benzene rings is 9. The summed E-state index contributed by atoms with van der Waals surface area (Å²) in [6.45, 7) is 0. The predicted octanol–water partition coefficient (Wildman–Crippen LogP) is 22.9. The zero-order valence-electron chi connectivity index (χ0n) is 45.3. The number of rotatable bonds is 10. The molecule has 0 amide bonds. The minimum atomic E-state index is 0.647. The number of hydrogen-bond acceptors (Lipinski definition) is 4. The van der Waals surface area contributed by atoms with Crippen molar-refractivity contribution < 1.29 is 8.83 Å². The minimum Gasteiger partial charge on any atom is -0.452 e. The zero-order chi connectivity index (χ0) is 51.5.